The maximum absolute atomic E-state index is 9.52. The van der Waals surface area contributed by atoms with Crippen molar-refractivity contribution < 1.29 is 14.6 Å². The molecule has 11 heavy (non-hydrogen) atoms. The fourth-order valence-electron chi connectivity index (χ4n) is 1.22. The Bertz CT molecular complexity index is 115. The highest BCUT2D eigenvalue weighted by Gasteiger charge is 2.44. The third kappa shape index (κ3) is 1.55. The summed E-state index contributed by atoms with van der Waals surface area (Å²) in [6, 6.07) is 0. The summed E-state index contributed by atoms with van der Waals surface area (Å²) in [5.74, 6) is 0. The lowest BCUT2D eigenvalue weighted by atomic mass is 9.82. The minimum absolute atomic E-state index is 0.115. The molecule has 1 aliphatic rings. The first-order chi connectivity index (χ1) is 5.25. The van der Waals surface area contributed by atoms with Crippen molar-refractivity contribution in [1.82, 2.24) is 0 Å². The second kappa shape index (κ2) is 3.52. The quantitative estimate of drug-likeness (QED) is 0.617. The van der Waals surface area contributed by atoms with Crippen molar-refractivity contribution >= 4 is 0 Å². The van der Waals surface area contributed by atoms with E-state index in [0.717, 1.165) is 6.42 Å². The van der Waals surface area contributed by atoms with E-state index in [4.69, 9.17) is 9.47 Å². The second-order valence-electron chi connectivity index (χ2n) is 3.02. The van der Waals surface area contributed by atoms with Gasteiger partial charge in [-0.05, 0) is 13.3 Å². The van der Waals surface area contributed by atoms with Gasteiger partial charge in [-0.2, -0.15) is 0 Å². The van der Waals surface area contributed by atoms with Gasteiger partial charge < -0.3 is 14.6 Å². The van der Waals surface area contributed by atoms with Gasteiger partial charge >= 0.3 is 0 Å². The molecule has 0 aromatic rings. The molecule has 1 unspecified atom stereocenters. The molecule has 1 rings (SSSR count). The molecule has 1 heterocycles. The Hall–Kier alpha value is -0.120. The number of aliphatic hydroxyl groups is 1. The molecular weight excluding hydrogens is 144 g/mol. The van der Waals surface area contributed by atoms with Crippen LogP contribution in [-0.4, -0.2) is 31.2 Å². The van der Waals surface area contributed by atoms with E-state index in [9.17, 15) is 5.11 Å². The Kier molecular flexibility index (Phi) is 2.87. The fraction of sp³-hybridized carbons (Fsp3) is 1.00. The van der Waals surface area contributed by atoms with Crippen molar-refractivity contribution in [1.29, 1.82) is 0 Å². The average molecular weight is 160 g/mol. The van der Waals surface area contributed by atoms with Gasteiger partial charge in [0.05, 0.1) is 18.6 Å². The Morgan fingerprint density at radius 3 is 2.45 bits per heavy atom. The largest absolute Gasteiger partial charge is 0.380 e. The van der Waals surface area contributed by atoms with Crippen molar-refractivity contribution in [2.24, 2.45) is 5.41 Å². The van der Waals surface area contributed by atoms with E-state index >= 15 is 0 Å². The van der Waals surface area contributed by atoms with Gasteiger partial charge in [0.2, 0.25) is 0 Å². The van der Waals surface area contributed by atoms with Crippen LogP contribution in [0.15, 0.2) is 0 Å². The van der Waals surface area contributed by atoms with Crippen LogP contribution in [-0.2, 0) is 9.47 Å². The summed E-state index contributed by atoms with van der Waals surface area (Å²) in [4.78, 5) is 0. The van der Waals surface area contributed by atoms with Gasteiger partial charge in [0.25, 0.3) is 0 Å². The Morgan fingerprint density at radius 1 is 1.55 bits per heavy atom. The van der Waals surface area contributed by atoms with E-state index < -0.39 is 6.29 Å². The zero-order chi connectivity index (χ0) is 8.32. The molecule has 1 aliphatic heterocycles. The predicted molar refractivity (Wildman–Crippen MR) is 41.2 cm³/mol. The van der Waals surface area contributed by atoms with Gasteiger partial charge in [0, 0.05) is 6.61 Å². The summed E-state index contributed by atoms with van der Waals surface area (Å²) >= 11 is 0. The SMILES string of the molecule is CCOC(O)C1(CC)COC1. The monoisotopic (exact) mass is 160 g/mol. The summed E-state index contributed by atoms with van der Waals surface area (Å²) in [6.45, 7) is 5.75. The highest BCUT2D eigenvalue weighted by Crippen LogP contribution is 2.35. The standard InChI is InChI=1S/C8H16O3/c1-3-8(5-10-6-8)7(9)11-4-2/h7,9H,3-6H2,1-2H3. The average Bonchev–Trinajstić information content (AvgIpc) is 1.87. The maximum atomic E-state index is 9.52. The van der Waals surface area contributed by atoms with Crippen LogP contribution in [0.2, 0.25) is 0 Å². The first-order valence-electron chi connectivity index (χ1n) is 4.12. The zero-order valence-electron chi connectivity index (χ0n) is 7.17. The van der Waals surface area contributed by atoms with E-state index in [1.165, 1.54) is 0 Å². The lowest BCUT2D eigenvalue weighted by Crippen LogP contribution is -2.52. The zero-order valence-corrected chi connectivity index (χ0v) is 7.17. The first kappa shape index (κ1) is 8.97. The first-order valence-corrected chi connectivity index (χ1v) is 4.12. The molecule has 0 radical (unpaired) electrons. The van der Waals surface area contributed by atoms with Gasteiger partial charge in [-0.15, -0.1) is 0 Å². The number of ether oxygens (including phenoxy) is 2. The van der Waals surface area contributed by atoms with Crippen LogP contribution in [0.5, 0.6) is 0 Å². The number of hydrogen-bond donors (Lipinski definition) is 1. The molecule has 0 aliphatic carbocycles. The number of rotatable bonds is 4. The summed E-state index contributed by atoms with van der Waals surface area (Å²) < 4.78 is 10.2. The predicted octanol–water partition coefficient (Wildman–Crippen LogP) is 0.768. The minimum Gasteiger partial charge on any atom is -0.380 e. The highest BCUT2D eigenvalue weighted by atomic mass is 16.6. The molecule has 0 aromatic carbocycles. The third-order valence-electron chi connectivity index (χ3n) is 2.33. The molecule has 0 spiro atoms. The molecule has 3 heteroatoms. The molecule has 1 fully saturated rings. The molecule has 0 saturated carbocycles. The van der Waals surface area contributed by atoms with Crippen LogP contribution in [0.3, 0.4) is 0 Å². The van der Waals surface area contributed by atoms with E-state index in [1.807, 2.05) is 13.8 Å². The Balaban J connectivity index is 2.40. The van der Waals surface area contributed by atoms with E-state index in [1.54, 1.807) is 0 Å². The molecule has 3 nitrogen and oxygen atoms in total. The third-order valence-corrected chi connectivity index (χ3v) is 2.33. The topological polar surface area (TPSA) is 38.7 Å². The molecule has 1 saturated heterocycles. The molecule has 66 valence electrons. The fourth-order valence-corrected chi connectivity index (χ4v) is 1.22. The van der Waals surface area contributed by atoms with Crippen LogP contribution in [0.1, 0.15) is 20.3 Å². The van der Waals surface area contributed by atoms with Crippen molar-refractivity contribution in [3.8, 4) is 0 Å². The van der Waals surface area contributed by atoms with Crippen molar-refractivity contribution in [3.05, 3.63) is 0 Å². The van der Waals surface area contributed by atoms with E-state index in [0.29, 0.717) is 19.8 Å². The van der Waals surface area contributed by atoms with Gasteiger partial charge in [-0.1, -0.05) is 6.92 Å². The van der Waals surface area contributed by atoms with Crippen LogP contribution in [0.25, 0.3) is 0 Å². The number of hydrogen-bond acceptors (Lipinski definition) is 3. The van der Waals surface area contributed by atoms with E-state index in [2.05, 4.69) is 0 Å². The van der Waals surface area contributed by atoms with Crippen LogP contribution < -0.4 is 0 Å². The lowest BCUT2D eigenvalue weighted by Gasteiger charge is -2.43. The summed E-state index contributed by atoms with van der Waals surface area (Å²) in [5.41, 5.74) is -0.115. The van der Waals surface area contributed by atoms with Crippen LogP contribution in [0, 0.1) is 5.41 Å². The van der Waals surface area contributed by atoms with Crippen LogP contribution >= 0.6 is 0 Å². The normalized spacial score (nSPS) is 24.3. The maximum Gasteiger partial charge on any atom is 0.164 e. The van der Waals surface area contributed by atoms with E-state index in [-0.39, 0.29) is 5.41 Å². The second-order valence-corrected chi connectivity index (χ2v) is 3.02. The summed E-state index contributed by atoms with van der Waals surface area (Å²) in [6.07, 6.45) is 0.264. The number of aliphatic hydroxyl groups excluding tert-OH is 1. The highest BCUT2D eigenvalue weighted by molar-refractivity contribution is 4.86. The van der Waals surface area contributed by atoms with Gasteiger partial charge in [0.1, 0.15) is 0 Å². The van der Waals surface area contributed by atoms with Crippen LogP contribution in [0.4, 0.5) is 0 Å². The molecule has 0 aromatic heterocycles. The molecular formula is C8H16O3. The smallest absolute Gasteiger partial charge is 0.164 e. The molecule has 1 N–H and O–H groups in total. The van der Waals surface area contributed by atoms with Crippen molar-refractivity contribution in [2.75, 3.05) is 19.8 Å². The minimum atomic E-state index is -0.647. The molecule has 0 amide bonds. The summed E-state index contributed by atoms with van der Waals surface area (Å²) in [7, 11) is 0. The Labute approximate surface area is 67.3 Å². The summed E-state index contributed by atoms with van der Waals surface area (Å²) in [5, 5.41) is 9.52. The lowest BCUT2D eigenvalue weighted by molar-refractivity contribution is -0.259. The van der Waals surface area contributed by atoms with Crippen molar-refractivity contribution in [3.63, 3.8) is 0 Å². The molecule has 0 bridgehead atoms. The van der Waals surface area contributed by atoms with Crippen molar-refractivity contribution in [2.45, 2.75) is 26.6 Å². The van der Waals surface area contributed by atoms with Gasteiger partial charge in [0.15, 0.2) is 6.29 Å². The van der Waals surface area contributed by atoms with Gasteiger partial charge in [-0.3, -0.25) is 0 Å². The Morgan fingerprint density at radius 2 is 2.18 bits per heavy atom. The van der Waals surface area contributed by atoms with Gasteiger partial charge in [-0.25, -0.2) is 0 Å². The molecule has 1 atom stereocenters.